The Morgan fingerprint density at radius 3 is 2.97 bits per heavy atom. The molecule has 6 nitrogen and oxygen atoms in total. The molecule has 0 spiro atoms. The van der Waals surface area contributed by atoms with Gasteiger partial charge in [-0.3, -0.25) is 4.79 Å². The summed E-state index contributed by atoms with van der Waals surface area (Å²) in [5.41, 5.74) is 2.08. The first-order chi connectivity index (χ1) is 14.1. The van der Waals surface area contributed by atoms with Gasteiger partial charge in [0.2, 0.25) is 5.91 Å². The maximum absolute atomic E-state index is 12.7. The van der Waals surface area contributed by atoms with E-state index < -0.39 is 0 Å². The molecule has 1 saturated heterocycles. The number of benzene rings is 1. The number of halogens is 1. The lowest BCUT2D eigenvalue weighted by molar-refractivity contribution is -0.117. The third kappa shape index (κ3) is 3.42. The highest BCUT2D eigenvalue weighted by molar-refractivity contribution is 7.15. The molecule has 0 N–H and O–H groups in total. The fraction of sp³-hybridized carbons (Fsp3) is 0.381. The van der Waals surface area contributed by atoms with Gasteiger partial charge in [0.25, 0.3) is 5.89 Å². The molecule has 8 heteroatoms. The van der Waals surface area contributed by atoms with Gasteiger partial charge in [0.1, 0.15) is 5.75 Å². The van der Waals surface area contributed by atoms with Crippen LogP contribution in [-0.2, 0) is 17.6 Å². The zero-order valence-corrected chi connectivity index (χ0v) is 17.6. The minimum atomic E-state index is -0.127. The average Bonchev–Trinajstić information content (AvgIpc) is 3.45. The van der Waals surface area contributed by atoms with Crippen molar-refractivity contribution in [3.63, 3.8) is 0 Å². The molecule has 0 saturated carbocycles. The molecule has 1 aromatic carbocycles. The molecule has 1 amide bonds. The molecule has 2 aliphatic rings. The predicted octanol–water partition coefficient (Wildman–Crippen LogP) is 4.86. The molecule has 1 atom stereocenters. The van der Waals surface area contributed by atoms with Crippen LogP contribution < -0.4 is 9.64 Å². The van der Waals surface area contributed by atoms with E-state index in [1.807, 2.05) is 0 Å². The van der Waals surface area contributed by atoms with Crippen LogP contribution in [0.2, 0.25) is 5.02 Å². The zero-order valence-electron chi connectivity index (χ0n) is 16.0. The van der Waals surface area contributed by atoms with Crippen molar-refractivity contribution in [2.24, 2.45) is 0 Å². The van der Waals surface area contributed by atoms with Crippen LogP contribution in [0.1, 0.15) is 41.4 Å². The number of methoxy groups -OCH3 is 1. The molecule has 1 aliphatic carbocycles. The van der Waals surface area contributed by atoms with Crippen molar-refractivity contribution in [1.29, 1.82) is 0 Å². The maximum Gasteiger partial charge on any atom is 0.268 e. The number of fused-ring (bicyclic) bond motifs is 1. The van der Waals surface area contributed by atoms with Gasteiger partial charge in [-0.15, -0.1) is 11.3 Å². The van der Waals surface area contributed by atoms with Crippen molar-refractivity contribution in [2.45, 2.75) is 38.0 Å². The van der Waals surface area contributed by atoms with Crippen LogP contribution in [0.15, 0.2) is 28.8 Å². The molecule has 150 valence electrons. The minimum Gasteiger partial charge on any atom is -0.495 e. The van der Waals surface area contributed by atoms with Crippen molar-refractivity contribution in [3.05, 3.63) is 45.6 Å². The first-order valence-corrected chi connectivity index (χ1v) is 10.9. The van der Waals surface area contributed by atoms with Gasteiger partial charge in [0.05, 0.1) is 17.7 Å². The summed E-state index contributed by atoms with van der Waals surface area (Å²) in [4.78, 5) is 21.5. The standard InChI is InChI=1S/C21H20ClN3O3S/c1-27-16-7-6-14(22)10-15(16)25-11-13(9-19(25)26)20-23-21(28-24-20)18-8-12-4-2-3-5-17(12)29-18/h6-8,10,13H,2-5,9,11H2,1H3. The van der Waals surface area contributed by atoms with Crippen LogP contribution in [0.3, 0.4) is 0 Å². The van der Waals surface area contributed by atoms with Crippen LogP contribution in [-0.4, -0.2) is 29.7 Å². The van der Waals surface area contributed by atoms with E-state index in [1.165, 1.54) is 23.3 Å². The smallest absolute Gasteiger partial charge is 0.268 e. The molecular weight excluding hydrogens is 410 g/mol. The molecule has 2 aromatic heterocycles. The average molecular weight is 430 g/mol. The van der Waals surface area contributed by atoms with Crippen LogP contribution in [0.5, 0.6) is 5.75 Å². The van der Waals surface area contributed by atoms with Crippen LogP contribution in [0.25, 0.3) is 10.8 Å². The molecule has 0 radical (unpaired) electrons. The molecular formula is C21H20ClN3O3S. The third-order valence-corrected chi connectivity index (χ3v) is 7.03. The minimum absolute atomic E-state index is 0.00601. The summed E-state index contributed by atoms with van der Waals surface area (Å²) in [6.07, 6.45) is 5.07. The van der Waals surface area contributed by atoms with Crippen molar-refractivity contribution in [2.75, 3.05) is 18.6 Å². The first kappa shape index (κ1) is 18.6. The number of ether oxygens (including phenoxy) is 1. The summed E-state index contributed by atoms with van der Waals surface area (Å²) in [7, 11) is 1.58. The number of aromatic nitrogens is 2. The fourth-order valence-electron chi connectivity index (χ4n) is 4.08. The second kappa shape index (κ2) is 7.46. The molecule has 0 bridgehead atoms. The second-order valence-electron chi connectivity index (χ2n) is 7.45. The maximum atomic E-state index is 12.7. The van der Waals surface area contributed by atoms with Crippen LogP contribution in [0.4, 0.5) is 5.69 Å². The zero-order chi connectivity index (χ0) is 20.0. The Hall–Kier alpha value is -2.38. The Labute approximate surface area is 177 Å². The largest absolute Gasteiger partial charge is 0.495 e. The molecule has 5 rings (SSSR count). The van der Waals surface area contributed by atoms with Gasteiger partial charge < -0.3 is 14.2 Å². The van der Waals surface area contributed by atoms with E-state index in [1.54, 1.807) is 41.5 Å². The second-order valence-corrected chi connectivity index (χ2v) is 9.02. The summed E-state index contributed by atoms with van der Waals surface area (Å²) in [6.45, 7) is 0.468. The lowest BCUT2D eigenvalue weighted by Gasteiger charge is -2.19. The highest BCUT2D eigenvalue weighted by Gasteiger charge is 2.36. The van der Waals surface area contributed by atoms with E-state index in [-0.39, 0.29) is 11.8 Å². The Balaban J connectivity index is 1.39. The Bertz CT molecular complexity index is 1050. The van der Waals surface area contributed by atoms with Crippen molar-refractivity contribution in [3.8, 4) is 16.5 Å². The molecule has 3 heterocycles. The Kier molecular flexibility index (Phi) is 4.80. The van der Waals surface area contributed by atoms with E-state index in [0.29, 0.717) is 41.1 Å². The van der Waals surface area contributed by atoms with Crippen molar-refractivity contribution in [1.82, 2.24) is 10.1 Å². The van der Waals surface area contributed by atoms with Gasteiger partial charge in [-0.05, 0) is 55.5 Å². The van der Waals surface area contributed by atoms with Gasteiger partial charge in [-0.1, -0.05) is 16.8 Å². The molecule has 3 aromatic rings. The monoisotopic (exact) mass is 429 g/mol. The van der Waals surface area contributed by atoms with Gasteiger partial charge in [-0.2, -0.15) is 4.98 Å². The summed E-state index contributed by atoms with van der Waals surface area (Å²) in [5.74, 6) is 1.60. The van der Waals surface area contributed by atoms with Gasteiger partial charge in [0, 0.05) is 28.8 Å². The van der Waals surface area contributed by atoms with Crippen molar-refractivity contribution >= 4 is 34.5 Å². The number of thiophene rings is 1. The van der Waals surface area contributed by atoms with E-state index in [9.17, 15) is 4.79 Å². The normalized spacial score (nSPS) is 18.9. The lowest BCUT2D eigenvalue weighted by Crippen LogP contribution is -2.24. The summed E-state index contributed by atoms with van der Waals surface area (Å²) >= 11 is 7.88. The number of carbonyl (C=O) groups excluding carboxylic acids is 1. The first-order valence-electron chi connectivity index (χ1n) is 9.72. The number of rotatable bonds is 4. The number of carbonyl (C=O) groups is 1. The topological polar surface area (TPSA) is 68.5 Å². The fourth-order valence-corrected chi connectivity index (χ4v) is 5.43. The molecule has 1 unspecified atom stereocenters. The van der Waals surface area contributed by atoms with Gasteiger partial charge in [0.15, 0.2) is 5.82 Å². The molecule has 1 fully saturated rings. The van der Waals surface area contributed by atoms with E-state index in [2.05, 4.69) is 16.2 Å². The molecule has 29 heavy (non-hydrogen) atoms. The van der Waals surface area contributed by atoms with Gasteiger partial charge in [-0.25, -0.2) is 0 Å². The SMILES string of the molecule is COc1ccc(Cl)cc1N1CC(c2noc(-c3cc4c(s3)CCCC4)n2)CC1=O. The van der Waals surface area contributed by atoms with E-state index in [0.717, 1.165) is 17.7 Å². The van der Waals surface area contributed by atoms with Crippen LogP contribution in [0, 0.1) is 0 Å². The van der Waals surface area contributed by atoms with Gasteiger partial charge >= 0.3 is 0 Å². The van der Waals surface area contributed by atoms with Crippen molar-refractivity contribution < 1.29 is 14.1 Å². The highest BCUT2D eigenvalue weighted by atomic mass is 35.5. The summed E-state index contributed by atoms with van der Waals surface area (Å²) in [6, 6.07) is 7.44. The number of nitrogens with zero attached hydrogens (tertiary/aromatic N) is 3. The number of aryl methyl sites for hydroxylation is 2. The Morgan fingerprint density at radius 1 is 1.28 bits per heavy atom. The highest BCUT2D eigenvalue weighted by Crippen LogP contribution is 2.39. The lowest BCUT2D eigenvalue weighted by atomic mass is 9.99. The third-order valence-electron chi connectivity index (χ3n) is 5.57. The quantitative estimate of drug-likeness (QED) is 0.592. The van der Waals surface area contributed by atoms with E-state index >= 15 is 0 Å². The van der Waals surface area contributed by atoms with E-state index in [4.69, 9.17) is 20.9 Å². The number of hydrogen-bond acceptors (Lipinski definition) is 6. The summed E-state index contributed by atoms with van der Waals surface area (Å²) < 4.78 is 11.0. The summed E-state index contributed by atoms with van der Waals surface area (Å²) in [5, 5.41) is 4.74. The van der Waals surface area contributed by atoms with Crippen LogP contribution >= 0.6 is 22.9 Å². The molecule has 1 aliphatic heterocycles. The Morgan fingerprint density at radius 2 is 2.14 bits per heavy atom. The number of amides is 1. The predicted molar refractivity (Wildman–Crippen MR) is 112 cm³/mol. The number of hydrogen-bond donors (Lipinski definition) is 0. The number of anilines is 1.